The topological polar surface area (TPSA) is 55.6 Å². The molecule has 1 saturated heterocycles. The Morgan fingerprint density at radius 3 is 2.95 bits per heavy atom. The molecule has 0 saturated carbocycles. The standard InChI is InChI=1S/C15H21BrN2O2.ClH/c1-11-5-6-18(13(7-11)9-17)15(19)10-20-14-4-2-3-12(16)8-14;/h2-4,8,11,13H,5-7,9-10,17H2,1H3;1H. The summed E-state index contributed by atoms with van der Waals surface area (Å²) in [5.41, 5.74) is 5.78. The van der Waals surface area contributed by atoms with Crippen LogP contribution in [0.3, 0.4) is 0 Å². The Labute approximate surface area is 140 Å². The van der Waals surface area contributed by atoms with E-state index in [1.165, 1.54) is 0 Å². The van der Waals surface area contributed by atoms with Gasteiger partial charge in [0.2, 0.25) is 0 Å². The van der Waals surface area contributed by atoms with E-state index in [9.17, 15) is 4.79 Å². The van der Waals surface area contributed by atoms with E-state index in [0.717, 1.165) is 23.9 Å². The molecular formula is C15H22BrClN2O2. The zero-order valence-corrected chi connectivity index (χ0v) is 14.5. The number of carbonyl (C=O) groups is 1. The van der Waals surface area contributed by atoms with Crippen molar-refractivity contribution >= 4 is 34.2 Å². The van der Waals surface area contributed by atoms with Gasteiger partial charge in [0.15, 0.2) is 6.61 Å². The zero-order valence-electron chi connectivity index (χ0n) is 12.1. The van der Waals surface area contributed by atoms with Gasteiger partial charge in [0.1, 0.15) is 5.75 Å². The lowest BCUT2D eigenvalue weighted by atomic mass is 9.92. The van der Waals surface area contributed by atoms with E-state index < -0.39 is 0 Å². The van der Waals surface area contributed by atoms with E-state index in [4.69, 9.17) is 10.5 Å². The van der Waals surface area contributed by atoms with Crippen LogP contribution in [0.4, 0.5) is 0 Å². The number of halogens is 2. The molecule has 4 nitrogen and oxygen atoms in total. The fourth-order valence-corrected chi connectivity index (χ4v) is 2.97. The summed E-state index contributed by atoms with van der Waals surface area (Å²) in [4.78, 5) is 14.1. The molecule has 2 atom stereocenters. The van der Waals surface area contributed by atoms with E-state index in [2.05, 4.69) is 22.9 Å². The second kappa shape index (κ2) is 8.61. The number of rotatable bonds is 4. The maximum absolute atomic E-state index is 12.3. The average Bonchev–Trinajstić information content (AvgIpc) is 2.44. The second-order valence-electron chi connectivity index (χ2n) is 5.35. The van der Waals surface area contributed by atoms with Crippen LogP contribution in [0.25, 0.3) is 0 Å². The van der Waals surface area contributed by atoms with Crippen molar-refractivity contribution in [3.63, 3.8) is 0 Å². The number of nitrogens with zero attached hydrogens (tertiary/aromatic N) is 1. The molecule has 2 unspecified atom stereocenters. The van der Waals surface area contributed by atoms with Crippen LogP contribution in [0.5, 0.6) is 5.75 Å². The van der Waals surface area contributed by atoms with Crippen LogP contribution in [0.2, 0.25) is 0 Å². The van der Waals surface area contributed by atoms with Gasteiger partial charge in [0.05, 0.1) is 0 Å². The number of likely N-dealkylation sites (tertiary alicyclic amines) is 1. The minimum absolute atomic E-state index is 0. The van der Waals surface area contributed by atoms with Crippen LogP contribution in [-0.4, -0.2) is 36.5 Å². The molecule has 1 aliphatic rings. The number of hydrogen-bond donors (Lipinski definition) is 1. The third-order valence-corrected chi connectivity index (χ3v) is 4.22. The van der Waals surface area contributed by atoms with Crippen LogP contribution in [0.15, 0.2) is 28.7 Å². The monoisotopic (exact) mass is 376 g/mol. The van der Waals surface area contributed by atoms with Gasteiger partial charge in [-0.1, -0.05) is 28.9 Å². The van der Waals surface area contributed by atoms with Crippen LogP contribution >= 0.6 is 28.3 Å². The molecule has 1 heterocycles. The van der Waals surface area contributed by atoms with E-state index in [0.29, 0.717) is 18.2 Å². The Hall–Kier alpha value is -0.780. The number of amides is 1. The normalized spacial score (nSPS) is 21.6. The minimum Gasteiger partial charge on any atom is -0.484 e. The summed E-state index contributed by atoms with van der Waals surface area (Å²) in [5.74, 6) is 1.35. The van der Waals surface area contributed by atoms with E-state index in [-0.39, 0.29) is 31.0 Å². The zero-order chi connectivity index (χ0) is 14.5. The fraction of sp³-hybridized carbons (Fsp3) is 0.533. The highest BCUT2D eigenvalue weighted by atomic mass is 79.9. The van der Waals surface area contributed by atoms with E-state index in [1.807, 2.05) is 29.2 Å². The van der Waals surface area contributed by atoms with Crippen molar-refractivity contribution in [2.24, 2.45) is 11.7 Å². The molecule has 21 heavy (non-hydrogen) atoms. The Balaban J connectivity index is 0.00000220. The number of benzene rings is 1. The van der Waals surface area contributed by atoms with Crippen molar-refractivity contribution in [2.45, 2.75) is 25.8 Å². The first-order chi connectivity index (χ1) is 9.60. The molecule has 0 bridgehead atoms. The van der Waals surface area contributed by atoms with Gasteiger partial charge in [-0.15, -0.1) is 12.4 Å². The van der Waals surface area contributed by atoms with E-state index >= 15 is 0 Å². The third-order valence-electron chi connectivity index (χ3n) is 3.73. The highest BCUT2D eigenvalue weighted by molar-refractivity contribution is 9.10. The summed E-state index contributed by atoms with van der Waals surface area (Å²) < 4.78 is 6.50. The predicted molar refractivity (Wildman–Crippen MR) is 89.8 cm³/mol. The third kappa shape index (κ3) is 5.16. The van der Waals surface area contributed by atoms with Crippen molar-refractivity contribution in [2.75, 3.05) is 19.7 Å². The summed E-state index contributed by atoms with van der Waals surface area (Å²) >= 11 is 3.38. The Morgan fingerprint density at radius 1 is 1.52 bits per heavy atom. The number of hydrogen-bond acceptors (Lipinski definition) is 3. The molecule has 2 rings (SSSR count). The van der Waals surface area contributed by atoms with Crippen molar-refractivity contribution in [1.29, 1.82) is 0 Å². The van der Waals surface area contributed by atoms with Crippen molar-refractivity contribution in [3.8, 4) is 5.75 Å². The molecule has 0 spiro atoms. The lowest BCUT2D eigenvalue weighted by Gasteiger charge is -2.37. The first-order valence-electron chi connectivity index (χ1n) is 6.98. The largest absolute Gasteiger partial charge is 0.484 e. The summed E-state index contributed by atoms with van der Waals surface area (Å²) in [6.45, 7) is 3.58. The molecule has 0 aliphatic carbocycles. The van der Waals surface area contributed by atoms with Gasteiger partial charge in [-0.05, 0) is 37.0 Å². The summed E-state index contributed by atoms with van der Waals surface area (Å²) in [6, 6.07) is 7.65. The molecule has 1 fully saturated rings. The molecule has 1 aromatic rings. The van der Waals surface area contributed by atoms with Gasteiger partial charge < -0.3 is 15.4 Å². The molecule has 1 aromatic carbocycles. The van der Waals surface area contributed by atoms with Gasteiger partial charge in [-0.25, -0.2) is 0 Å². The quantitative estimate of drug-likeness (QED) is 0.878. The van der Waals surface area contributed by atoms with Gasteiger partial charge in [0, 0.05) is 23.6 Å². The highest BCUT2D eigenvalue weighted by Gasteiger charge is 2.28. The molecule has 0 aromatic heterocycles. The molecule has 1 amide bonds. The lowest BCUT2D eigenvalue weighted by molar-refractivity contribution is -0.137. The second-order valence-corrected chi connectivity index (χ2v) is 6.27. The van der Waals surface area contributed by atoms with Crippen LogP contribution < -0.4 is 10.5 Å². The number of carbonyl (C=O) groups excluding carboxylic acids is 1. The molecule has 0 radical (unpaired) electrons. The van der Waals surface area contributed by atoms with Gasteiger partial charge in [-0.2, -0.15) is 0 Å². The van der Waals surface area contributed by atoms with Crippen LogP contribution in [-0.2, 0) is 4.79 Å². The Kier molecular flexibility index (Phi) is 7.49. The predicted octanol–water partition coefficient (Wildman–Crippen LogP) is 2.84. The maximum Gasteiger partial charge on any atom is 0.260 e. The first-order valence-corrected chi connectivity index (χ1v) is 7.77. The number of piperidine rings is 1. The van der Waals surface area contributed by atoms with Gasteiger partial charge in [-0.3, -0.25) is 4.79 Å². The number of ether oxygens (including phenoxy) is 1. The fourth-order valence-electron chi connectivity index (χ4n) is 2.59. The van der Waals surface area contributed by atoms with Crippen molar-refractivity contribution in [1.82, 2.24) is 4.90 Å². The molecular weight excluding hydrogens is 356 g/mol. The van der Waals surface area contributed by atoms with Crippen LogP contribution in [0, 0.1) is 5.92 Å². The Bertz CT molecular complexity index is 473. The maximum atomic E-state index is 12.3. The lowest BCUT2D eigenvalue weighted by Crippen LogP contribution is -2.50. The average molecular weight is 378 g/mol. The van der Waals surface area contributed by atoms with E-state index in [1.54, 1.807) is 0 Å². The summed E-state index contributed by atoms with van der Waals surface area (Å²) in [7, 11) is 0. The first kappa shape index (κ1) is 18.3. The van der Waals surface area contributed by atoms with Crippen molar-refractivity contribution in [3.05, 3.63) is 28.7 Å². The molecule has 118 valence electrons. The Morgan fingerprint density at radius 2 is 2.29 bits per heavy atom. The van der Waals surface area contributed by atoms with Gasteiger partial charge in [0.25, 0.3) is 5.91 Å². The summed E-state index contributed by atoms with van der Waals surface area (Å²) in [5, 5.41) is 0. The van der Waals surface area contributed by atoms with Crippen LogP contribution in [0.1, 0.15) is 19.8 Å². The highest BCUT2D eigenvalue weighted by Crippen LogP contribution is 2.22. The number of nitrogens with two attached hydrogens (primary N) is 1. The molecule has 1 aliphatic heterocycles. The van der Waals surface area contributed by atoms with Crippen molar-refractivity contribution < 1.29 is 9.53 Å². The minimum atomic E-state index is 0. The SMILES string of the molecule is CC1CCN(C(=O)COc2cccc(Br)c2)C(CN)C1.Cl. The molecule has 6 heteroatoms. The molecule has 2 N–H and O–H groups in total. The van der Waals surface area contributed by atoms with Gasteiger partial charge >= 0.3 is 0 Å². The smallest absolute Gasteiger partial charge is 0.260 e. The summed E-state index contributed by atoms with van der Waals surface area (Å²) in [6.07, 6.45) is 2.03.